The molecule has 4 nitrogen and oxygen atoms in total. The van der Waals surface area contributed by atoms with E-state index >= 15 is 0 Å². The Hall–Kier alpha value is -2.04. The smallest absolute Gasteiger partial charge is 0.122 e. The van der Waals surface area contributed by atoms with Crippen molar-refractivity contribution in [2.75, 3.05) is 13.2 Å². The number of rotatable bonds is 6. The van der Waals surface area contributed by atoms with Crippen LogP contribution in [0.1, 0.15) is 23.1 Å². The third-order valence-corrected chi connectivity index (χ3v) is 4.59. The maximum atomic E-state index is 10.1. The highest BCUT2D eigenvalue weighted by Gasteiger charge is 2.19. The molecule has 2 aromatic rings. The van der Waals surface area contributed by atoms with Gasteiger partial charge in [-0.2, -0.15) is 0 Å². The number of fused-ring (bicyclic) bond motifs is 1. The molecule has 0 radical (unpaired) electrons. The quantitative estimate of drug-likeness (QED) is 0.763. The van der Waals surface area contributed by atoms with Crippen LogP contribution < -0.4 is 10.1 Å². The number of nitrogens with one attached hydrogen (secondary N) is 1. The van der Waals surface area contributed by atoms with E-state index in [1.807, 2.05) is 43.3 Å². The molecule has 128 valence electrons. The lowest BCUT2D eigenvalue weighted by Gasteiger charge is -2.26. The number of phenols is 1. The SMILES string of the molecule is Cc1ccccc1OCC(O)CNC1CCc2ccc(O)cc2C1. The van der Waals surface area contributed by atoms with Crippen molar-refractivity contribution < 1.29 is 14.9 Å². The Morgan fingerprint density at radius 2 is 2.04 bits per heavy atom. The first kappa shape index (κ1) is 16.8. The number of ether oxygens (including phenoxy) is 1. The number of hydrogen-bond acceptors (Lipinski definition) is 4. The monoisotopic (exact) mass is 327 g/mol. The van der Waals surface area contributed by atoms with Crippen LogP contribution in [0.5, 0.6) is 11.5 Å². The van der Waals surface area contributed by atoms with Gasteiger partial charge in [0.1, 0.15) is 24.2 Å². The standard InChI is InChI=1S/C20H25NO3/c1-14-4-2-3-5-20(14)24-13-19(23)12-21-17-8-6-15-7-9-18(22)11-16(15)10-17/h2-5,7,9,11,17,19,21-23H,6,8,10,12-13H2,1H3. The fourth-order valence-corrected chi connectivity index (χ4v) is 3.18. The van der Waals surface area contributed by atoms with Crippen LogP contribution in [0.3, 0.4) is 0 Å². The molecule has 3 N–H and O–H groups in total. The average Bonchev–Trinajstić information content (AvgIpc) is 2.59. The van der Waals surface area contributed by atoms with Gasteiger partial charge in [0.05, 0.1) is 0 Å². The van der Waals surface area contributed by atoms with E-state index in [0.717, 1.165) is 30.6 Å². The summed E-state index contributed by atoms with van der Waals surface area (Å²) in [7, 11) is 0. The van der Waals surface area contributed by atoms with Gasteiger partial charge in [-0.25, -0.2) is 0 Å². The Balaban J connectivity index is 1.45. The number of aliphatic hydroxyl groups is 1. The minimum Gasteiger partial charge on any atom is -0.508 e. The Morgan fingerprint density at radius 3 is 2.88 bits per heavy atom. The van der Waals surface area contributed by atoms with E-state index in [1.165, 1.54) is 11.1 Å². The predicted octanol–water partition coefficient (Wildman–Crippen LogP) is 2.59. The van der Waals surface area contributed by atoms with E-state index in [1.54, 1.807) is 6.07 Å². The number of aliphatic hydroxyl groups excluding tert-OH is 1. The van der Waals surface area contributed by atoms with Crippen LogP contribution in [-0.2, 0) is 12.8 Å². The topological polar surface area (TPSA) is 61.7 Å². The largest absolute Gasteiger partial charge is 0.508 e. The average molecular weight is 327 g/mol. The third kappa shape index (κ3) is 4.28. The van der Waals surface area contributed by atoms with Crippen LogP contribution in [0.4, 0.5) is 0 Å². The molecule has 2 aromatic carbocycles. The van der Waals surface area contributed by atoms with Crippen LogP contribution in [0.25, 0.3) is 0 Å². The molecule has 0 aromatic heterocycles. The lowest BCUT2D eigenvalue weighted by atomic mass is 9.88. The van der Waals surface area contributed by atoms with Crippen LogP contribution in [0.15, 0.2) is 42.5 Å². The molecule has 2 atom stereocenters. The summed E-state index contributed by atoms with van der Waals surface area (Å²) in [5.41, 5.74) is 3.58. The Morgan fingerprint density at radius 1 is 1.21 bits per heavy atom. The van der Waals surface area contributed by atoms with Gasteiger partial charge in [-0.05, 0) is 61.1 Å². The first-order valence-corrected chi connectivity index (χ1v) is 8.52. The van der Waals surface area contributed by atoms with Crippen molar-refractivity contribution in [3.63, 3.8) is 0 Å². The zero-order valence-electron chi connectivity index (χ0n) is 14.0. The lowest BCUT2D eigenvalue weighted by molar-refractivity contribution is 0.102. The van der Waals surface area contributed by atoms with E-state index in [0.29, 0.717) is 18.3 Å². The zero-order chi connectivity index (χ0) is 16.9. The van der Waals surface area contributed by atoms with E-state index in [2.05, 4.69) is 5.32 Å². The number of hydrogen-bond donors (Lipinski definition) is 3. The molecule has 0 amide bonds. The summed E-state index contributed by atoms with van der Waals surface area (Å²) in [5.74, 6) is 1.14. The fraction of sp³-hybridized carbons (Fsp3) is 0.400. The normalized spacial score (nSPS) is 18.0. The highest BCUT2D eigenvalue weighted by Crippen LogP contribution is 2.25. The van der Waals surface area contributed by atoms with Crippen molar-refractivity contribution in [2.24, 2.45) is 0 Å². The van der Waals surface area contributed by atoms with Crippen molar-refractivity contribution in [3.8, 4) is 11.5 Å². The Kier molecular flexibility index (Phi) is 5.38. The lowest BCUT2D eigenvalue weighted by Crippen LogP contribution is -2.40. The van der Waals surface area contributed by atoms with E-state index in [4.69, 9.17) is 4.74 Å². The second-order valence-corrected chi connectivity index (χ2v) is 6.53. The zero-order valence-corrected chi connectivity index (χ0v) is 14.0. The summed E-state index contributed by atoms with van der Waals surface area (Å²) in [6.45, 7) is 2.78. The number of benzene rings is 2. The van der Waals surface area contributed by atoms with Crippen LogP contribution in [0, 0.1) is 6.92 Å². The van der Waals surface area contributed by atoms with Crippen LogP contribution in [-0.4, -0.2) is 35.5 Å². The number of para-hydroxylation sites is 1. The van der Waals surface area contributed by atoms with Gasteiger partial charge in [0.15, 0.2) is 0 Å². The summed E-state index contributed by atoms with van der Waals surface area (Å²) in [4.78, 5) is 0. The van der Waals surface area contributed by atoms with Gasteiger partial charge in [-0.1, -0.05) is 24.3 Å². The first-order valence-electron chi connectivity index (χ1n) is 8.52. The predicted molar refractivity (Wildman–Crippen MR) is 94.6 cm³/mol. The first-order chi connectivity index (χ1) is 11.6. The van der Waals surface area contributed by atoms with Crippen molar-refractivity contribution in [1.29, 1.82) is 0 Å². The molecule has 1 aliphatic rings. The third-order valence-electron chi connectivity index (χ3n) is 4.59. The van der Waals surface area contributed by atoms with Gasteiger partial charge in [0.2, 0.25) is 0 Å². The minimum absolute atomic E-state index is 0.280. The van der Waals surface area contributed by atoms with Gasteiger partial charge in [-0.15, -0.1) is 0 Å². The van der Waals surface area contributed by atoms with E-state index < -0.39 is 6.10 Å². The van der Waals surface area contributed by atoms with Crippen molar-refractivity contribution in [1.82, 2.24) is 5.32 Å². The molecule has 0 spiro atoms. The Labute approximate surface area is 143 Å². The maximum Gasteiger partial charge on any atom is 0.122 e. The molecule has 0 fully saturated rings. The second-order valence-electron chi connectivity index (χ2n) is 6.53. The summed E-state index contributed by atoms with van der Waals surface area (Å²) in [6, 6.07) is 13.7. The number of aromatic hydroxyl groups is 1. The maximum absolute atomic E-state index is 10.1. The summed E-state index contributed by atoms with van der Waals surface area (Å²) >= 11 is 0. The highest BCUT2D eigenvalue weighted by molar-refractivity contribution is 5.37. The van der Waals surface area contributed by atoms with Crippen molar-refractivity contribution in [2.45, 2.75) is 38.3 Å². The van der Waals surface area contributed by atoms with Gasteiger partial charge < -0.3 is 20.3 Å². The molecule has 0 saturated carbocycles. The minimum atomic E-state index is -0.546. The molecular formula is C20H25NO3. The van der Waals surface area contributed by atoms with E-state index in [-0.39, 0.29) is 6.61 Å². The molecule has 0 heterocycles. The highest BCUT2D eigenvalue weighted by atomic mass is 16.5. The summed E-state index contributed by atoms with van der Waals surface area (Å²) in [6.07, 6.45) is 2.39. The molecule has 0 aliphatic heterocycles. The fourth-order valence-electron chi connectivity index (χ4n) is 3.18. The van der Waals surface area contributed by atoms with Gasteiger partial charge in [-0.3, -0.25) is 0 Å². The number of aryl methyl sites for hydroxylation is 2. The summed E-state index contributed by atoms with van der Waals surface area (Å²) < 4.78 is 5.69. The van der Waals surface area contributed by atoms with Crippen molar-refractivity contribution in [3.05, 3.63) is 59.2 Å². The molecule has 24 heavy (non-hydrogen) atoms. The molecular weight excluding hydrogens is 302 g/mol. The molecule has 4 heteroatoms. The van der Waals surface area contributed by atoms with Crippen LogP contribution in [0.2, 0.25) is 0 Å². The molecule has 1 aliphatic carbocycles. The summed E-state index contributed by atoms with van der Waals surface area (Å²) in [5, 5.41) is 23.2. The van der Waals surface area contributed by atoms with Gasteiger partial charge in [0, 0.05) is 12.6 Å². The molecule has 2 unspecified atom stereocenters. The van der Waals surface area contributed by atoms with Crippen molar-refractivity contribution >= 4 is 0 Å². The Bertz CT molecular complexity index is 686. The number of phenolic OH excluding ortho intramolecular Hbond substituents is 1. The molecule has 0 saturated heterocycles. The van der Waals surface area contributed by atoms with Crippen LogP contribution >= 0.6 is 0 Å². The van der Waals surface area contributed by atoms with Gasteiger partial charge >= 0.3 is 0 Å². The van der Waals surface area contributed by atoms with Gasteiger partial charge in [0.25, 0.3) is 0 Å². The van der Waals surface area contributed by atoms with E-state index in [9.17, 15) is 10.2 Å². The molecule has 0 bridgehead atoms. The second kappa shape index (κ2) is 7.69. The molecule has 3 rings (SSSR count).